The van der Waals surface area contributed by atoms with Crippen LogP contribution in [0.4, 0.5) is 4.39 Å². The molecule has 0 saturated carbocycles. The summed E-state index contributed by atoms with van der Waals surface area (Å²) < 4.78 is 15.2. The van der Waals surface area contributed by atoms with Gasteiger partial charge in [-0.3, -0.25) is 0 Å². The molecule has 5 heteroatoms. The average molecular weight is 361 g/mol. The summed E-state index contributed by atoms with van der Waals surface area (Å²) in [5.74, 6) is 0.127. The number of halogens is 1. The van der Waals surface area contributed by atoms with Gasteiger partial charge in [-0.15, -0.1) is 0 Å². The van der Waals surface area contributed by atoms with Gasteiger partial charge in [0, 0.05) is 18.3 Å². The highest BCUT2D eigenvalue weighted by molar-refractivity contribution is 5.82. The summed E-state index contributed by atoms with van der Waals surface area (Å²) in [4.78, 5) is 8.30. The van der Waals surface area contributed by atoms with Crippen LogP contribution in [0.1, 0.15) is 22.5 Å². The molecular formula is C22H20FN3O. The minimum atomic E-state index is -0.498. The van der Waals surface area contributed by atoms with Crippen LogP contribution in [0, 0.1) is 19.8 Å². The van der Waals surface area contributed by atoms with Crippen molar-refractivity contribution < 1.29 is 9.50 Å². The number of benzene rings is 2. The maximum Gasteiger partial charge on any atom is 0.212 e. The van der Waals surface area contributed by atoms with Gasteiger partial charge in [0.15, 0.2) is 0 Å². The molecule has 0 bridgehead atoms. The van der Waals surface area contributed by atoms with Gasteiger partial charge >= 0.3 is 0 Å². The Morgan fingerprint density at radius 3 is 2.56 bits per heavy atom. The summed E-state index contributed by atoms with van der Waals surface area (Å²) in [6.45, 7) is 4.65. The highest BCUT2D eigenvalue weighted by Crippen LogP contribution is 2.26. The number of aromatic nitrogens is 3. The number of nitrogens with zero attached hydrogens (tertiary/aromatic N) is 3. The van der Waals surface area contributed by atoms with Crippen LogP contribution >= 0.6 is 0 Å². The molecular weight excluding hydrogens is 341 g/mol. The Kier molecular flexibility index (Phi) is 4.46. The van der Waals surface area contributed by atoms with Crippen molar-refractivity contribution in [3.05, 3.63) is 83.2 Å². The van der Waals surface area contributed by atoms with Gasteiger partial charge in [-0.2, -0.15) is 4.39 Å². The molecule has 4 nitrogen and oxygen atoms in total. The van der Waals surface area contributed by atoms with Crippen LogP contribution in [0.15, 0.2) is 54.7 Å². The van der Waals surface area contributed by atoms with E-state index < -0.39 is 5.95 Å². The molecule has 1 N–H and O–H groups in total. The van der Waals surface area contributed by atoms with E-state index >= 15 is 0 Å². The smallest absolute Gasteiger partial charge is 0.212 e. The van der Waals surface area contributed by atoms with Crippen molar-refractivity contribution >= 4 is 11.0 Å². The third-order valence-electron chi connectivity index (χ3n) is 4.86. The largest absolute Gasteiger partial charge is 0.388 e. The molecule has 0 amide bonds. The van der Waals surface area contributed by atoms with Crippen LogP contribution in [0.3, 0.4) is 0 Å². The second-order valence-electron chi connectivity index (χ2n) is 6.78. The van der Waals surface area contributed by atoms with Crippen molar-refractivity contribution in [2.45, 2.75) is 27.0 Å². The standard InChI is InChI=1S/C22H20FN3O/c1-14-3-4-15(2)18(9-14)12-26-20-10-16(17-6-8-21(23)24-11-17)5-7-19(20)25-22(26)13-27/h3-11,27H,12-13H2,1-2H3. The third-order valence-corrected chi connectivity index (χ3v) is 4.86. The highest BCUT2D eigenvalue weighted by atomic mass is 19.1. The first-order valence-electron chi connectivity index (χ1n) is 8.83. The van der Waals surface area contributed by atoms with Crippen LogP contribution in [0.5, 0.6) is 0 Å². The van der Waals surface area contributed by atoms with Crippen molar-refractivity contribution in [3.8, 4) is 11.1 Å². The van der Waals surface area contributed by atoms with E-state index in [0.717, 1.165) is 22.2 Å². The van der Waals surface area contributed by atoms with Crippen molar-refractivity contribution in [2.75, 3.05) is 0 Å². The number of hydrogen-bond donors (Lipinski definition) is 1. The molecule has 0 aliphatic heterocycles. The van der Waals surface area contributed by atoms with Crippen molar-refractivity contribution in [2.24, 2.45) is 0 Å². The second-order valence-corrected chi connectivity index (χ2v) is 6.78. The lowest BCUT2D eigenvalue weighted by atomic mass is 10.0. The Morgan fingerprint density at radius 1 is 1.00 bits per heavy atom. The Labute approximate surface area is 157 Å². The Bertz CT molecular complexity index is 1120. The van der Waals surface area contributed by atoms with Gasteiger partial charge in [0.25, 0.3) is 0 Å². The zero-order valence-electron chi connectivity index (χ0n) is 15.3. The van der Waals surface area contributed by atoms with Crippen LogP contribution in [-0.4, -0.2) is 19.6 Å². The summed E-state index contributed by atoms with van der Waals surface area (Å²) in [6.07, 6.45) is 1.52. The van der Waals surface area contributed by atoms with Crippen molar-refractivity contribution in [1.29, 1.82) is 0 Å². The third kappa shape index (κ3) is 3.34. The molecule has 0 unspecified atom stereocenters. The van der Waals surface area contributed by atoms with E-state index in [1.54, 1.807) is 6.07 Å². The fourth-order valence-corrected chi connectivity index (χ4v) is 3.34. The summed E-state index contributed by atoms with van der Waals surface area (Å²) >= 11 is 0. The van der Waals surface area contributed by atoms with Crippen molar-refractivity contribution in [1.82, 2.24) is 14.5 Å². The van der Waals surface area contributed by atoms with Gasteiger partial charge in [0.1, 0.15) is 12.4 Å². The first-order chi connectivity index (χ1) is 13.0. The van der Waals surface area contributed by atoms with E-state index in [1.807, 2.05) is 22.8 Å². The van der Waals surface area contributed by atoms with E-state index in [-0.39, 0.29) is 6.61 Å². The molecule has 0 aliphatic rings. The van der Waals surface area contributed by atoms with Gasteiger partial charge in [-0.05, 0) is 54.8 Å². The molecule has 0 saturated heterocycles. The molecule has 2 heterocycles. The fraction of sp³-hybridized carbons (Fsp3) is 0.182. The van der Waals surface area contributed by atoms with E-state index in [2.05, 4.69) is 42.0 Å². The minimum absolute atomic E-state index is 0.132. The molecule has 0 fully saturated rings. The molecule has 0 atom stereocenters. The molecule has 0 radical (unpaired) electrons. The van der Waals surface area contributed by atoms with Crippen LogP contribution in [0.2, 0.25) is 0 Å². The number of aryl methyl sites for hydroxylation is 2. The first kappa shape index (κ1) is 17.4. The van der Waals surface area contributed by atoms with Crippen LogP contribution in [0.25, 0.3) is 22.2 Å². The number of aliphatic hydroxyl groups is 1. The van der Waals surface area contributed by atoms with E-state index in [9.17, 15) is 9.50 Å². The summed E-state index contributed by atoms with van der Waals surface area (Å²) in [7, 11) is 0. The molecule has 0 aliphatic carbocycles. The van der Waals surface area contributed by atoms with E-state index in [4.69, 9.17) is 0 Å². The molecule has 27 heavy (non-hydrogen) atoms. The highest BCUT2D eigenvalue weighted by Gasteiger charge is 2.13. The Balaban J connectivity index is 1.84. The lowest BCUT2D eigenvalue weighted by molar-refractivity contribution is 0.267. The lowest BCUT2D eigenvalue weighted by Crippen LogP contribution is -2.06. The van der Waals surface area contributed by atoms with E-state index in [1.165, 1.54) is 29.0 Å². The maximum absolute atomic E-state index is 13.1. The summed E-state index contributed by atoms with van der Waals surface area (Å²) in [5.41, 5.74) is 7.11. The van der Waals surface area contributed by atoms with Gasteiger partial charge < -0.3 is 9.67 Å². The molecule has 4 rings (SSSR count). The van der Waals surface area contributed by atoms with Gasteiger partial charge in [-0.25, -0.2) is 9.97 Å². The first-order valence-corrected chi connectivity index (χ1v) is 8.83. The number of imidazole rings is 1. The Hall–Kier alpha value is -3.05. The van der Waals surface area contributed by atoms with Gasteiger partial charge in [0.05, 0.1) is 11.0 Å². The number of aliphatic hydroxyl groups excluding tert-OH is 1. The number of rotatable bonds is 4. The van der Waals surface area contributed by atoms with E-state index in [0.29, 0.717) is 12.4 Å². The second kappa shape index (κ2) is 6.93. The predicted octanol–water partition coefficient (Wildman–Crippen LogP) is 4.39. The monoisotopic (exact) mass is 361 g/mol. The lowest BCUT2D eigenvalue weighted by Gasteiger charge is -2.12. The van der Waals surface area contributed by atoms with Crippen LogP contribution < -0.4 is 0 Å². The average Bonchev–Trinajstić information content (AvgIpc) is 3.02. The summed E-state index contributed by atoms with van der Waals surface area (Å²) in [5, 5.41) is 9.80. The van der Waals surface area contributed by atoms with Crippen molar-refractivity contribution in [3.63, 3.8) is 0 Å². The predicted molar refractivity (Wildman–Crippen MR) is 104 cm³/mol. The van der Waals surface area contributed by atoms with Gasteiger partial charge in [-0.1, -0.05) is 29.8 Å². The number of hydrogen-bond acceptors (Lipinski definition) is 3. The minimum Gasteiger partial charge on any atom is -0.388 e. The van der Waals surface area contributed by atoms with Crippen LogP contribution in [-0.2, 0) is 13.2 Å². The Morgan fingerprint density at radius 2 is 1.81 bits per heavy atom. The molecule has 136 valence electrons. The molecule has 0 spiro atoms. The fourth-order valence-electron chi connectivity index (χ4n) is 3.34. The number of pyridine rings is 1. The normalized spacial score (nSPS) is 11.3. The molecule has 2 aromatic heterocycles. The number of fused-ring (bicyclic) bond motifs is 1. The molecule has 4 aromatic rings. The molecule has 2 aromatic carbocycles. The van der Waals surface area contributed by atoms with Gasteiger partial charge in [0.2, 0.25) is 5.95 Å². The maximum atomic E-state index is 13.1. The topological polar surface area (TPSA) is 50.9 Å². The zero-order valence-corrected chi connectivity index (χ0v) is 15.3. The summed E-state index contributed by atoms with van der Waals surface area (Å²) in [6, 6.07) is 15.3. The quantitative estimate of drug-likeness (QED) is 0.548. The SMILES string of the molecule is Cc1ccc(C)c(Cn2c(CO)nc3ccc(-c4ccc(F)nc4)cc32)c1. The zero-order chi connectivity index (χ0) is 19.0.